The minimum Gasteiger partial charge on any atom is -0.348 e. The van der Waals surface area contributed by atoms with E-state index in [0.717, 1.165) is 5.56 Å². The van der Waals surface area contributed by atoms with E-state index >= 15 is 0 Å². The molecule has 0 bridgehead atoms. The first-order valence-corrected chi connectivity index (χ1v) is 9.53. The summed E-state index contributed by atoms with van der Waals surface area (Å²) >= 11 is 5.98. The molecule has 7 heteroatoms. The number of anilines is 1. The van der Waals surface area contributed by atoms with Crippen molar-refractivity contribution in [2.45, 2.75) is 6.54 Å². The number of benzene rings is 2. The molecule has 0 radical (unpaired) electrons. The third-order valence-electron chi connectivity index (χ3n) is 4.60. The van der Waals surface area contributed by atoms with Crippen LogP contribution in [0.3, 0.4) is 0 Å². The molecule has 2 aromatic carbocycles. The summed E-state index contributed by atoms with van der Waals surface area (Å²) in [5.41, 5.74) is 2.43. The lowest BCUT2D eigenvalue weighted by molar-refractivity contribution is -0.112. The van der Waals surface area contributed by atoms with Gasteiger partial charge in [0.25, 0.3) is 11.8 Å². The molecule has 0 spiro atoms. The fraction of sp³-hybridized carbons (Fsp3) is 0.0435. The second-order valence-electron chi connectivity index (χ2n) is 6.70. The van der Waals surface area contributed by atoms with Crippen molar-refractivity contribution < 1.29 is 14.4 Å². The van der Waals surface area contributed by atoms with Crippen molar-refractivity contribution in [1.82, 2.24) is 10.3 Å². The van der Waals surface area contributed by atoms with E-state index in [4.69, 9.17) is 11.6 Å². The summed E-state index contributed by atoms with van der Waals surface area (Å²) in [4.78, 5) is 41.9. The van der Waals surface area contributed by atoms with E-state index in [0.29, 0.717) is 28.4 Å². The van der Waals surface area contributed by atoms with Crippen LogP contribution in [0.4, 0.5) is 5.69 Å². The minimum absolute atomic E-state index is 0.0160. The van der Waals surface area contributed by atoms with Gasteiger partial charge in [0.05, 0.1) is 11.3 Å². The van der Waals surface area contributed by atoms with Gasteiger partial charge in [-0.2, -0.15) is 0 Å². The topological polar surface area (TPSA) is 88.2 Å². The van der Waals surface area contributed by atoms with Crippen molar-refractivity contribution >= 4 is 41.0 Å². The highest BCUT2D eigenvalue weighted by Crippen LogP contribution is 2.28. The van der Waals surface area contributed by atoms with Gasteiger partial charge in [0.2, 0.25) is 5.78 Å². The van der Waals surface area contributed by atoms with E-state index in [-0.39, 0.29) is 17.0 Å². The Morgan fingerprint density at radius 2 is 1.97 bits per heavy atom. The summed E-state index contributed by atoms with van der Waals surface area (Å²) in [6.45, 7) is 0.314. The van der Waals surface area contributed by atoms with Crippen LogP contribution in [0.15, 0.2) is 72.6 Å². The highest BCUT2D eigenvalue weighted by molar-refractivity contribution is 6.36. The number of nitrogens with one attached hydrogen (secondary N) is 2. The number of nitrogens with zero attached hydrogens (tertiary/aromatic N) is 1. The van der Waals surface area contributed by atoms with Gasteiger partial charge in [0.1, 0.15) is 0 Å². The van der Waals surface area contributed by atoms with Crippen molar-refractivity contribution in [2.24, 2.45) is 0 Å². The van der Waals surface area contributed by atoms with Crippen LogP contribution < -0.4 is 10.6 Å². The highest BCUT2D eigenvalue weighted by Gasteiger charge is 2.29. The van der Waals surface area contributed by atoms with Crippen LogP contribution in [0.1, 0.15) is 31.8 Å². The smallest absolute Gasteiger partial charge is 0.259 e. The number of pyridine rings is 1. The second-order valence-corrected chi connectivity index (χ2v) is 7.14. The van der Waals surface area contributed by atoms with Gasteiger partial charge in [0.15, 0.2) is 0 Å². The first-order chi connectivity index (χ1) is 14.5. The monoisotopic (exact) mass is 417 g/mol. The molecule has 148 valence electrons. The van der Waals surface area contributed by atoms with Crippen LogP contribution in [-0.4, -0.2) is 22.6 Å². The molecule has 2 N–H and O–H groups in total. The average Bonchev–Trinajstić information content (AvgIpc) is 2.75. The Bertz CT molecular complexity index is 1190. The predicted molar refractivity (Wildman–Crippen MR) is 114 cm³/mol. The zero-order chi connectivity index (χ0) is 21.1. The Balaban J connectivity index is 1.59. The van der Waals surface area contributed by atoms with E-state index in [1.807, 2.05) is 6.07 Å². The molecule has 0 fully saturated rings. The number of aromatic nitrogens is 1. The van der Waals surface area contributed by atoms with Crippen molar-refractivity contribution in [2.75, 3.05) is 5.32 Å². The summed E-state index contributed by atoms with van der Waals surface area (Å²) in [5.74, 6) is -1.27. The van der Waals surface area contributed by atoms with E-state index in [1.54, 1.807) is 54.9 Å². The fourth-order valence-electron chi connectivity index (χ4n) is 3.10. The lowest BCUT2D eigenvalue weighted by Crippen LogP contribution is -2.28. The van der Waals surface area contributed by atoms with Crippen LogP contribution in [0.2, 0.25) is 5.02 Å². The molecule has 2 heterocycles. The number of hydrogen-bond donors (Lipinski definition) is 2. The number of halogens is 1. The number of carbonyl (C=O) groups is 3. The van der Waals surface area contributed by atoms with E-state index < -0.39 is 11.7 Å². The fourth-order valence-corrected chi connectivity index (χ4v) is 3.30. The first-order valence-electron chi connectivity index (χ1n) is 9.16. The largest absolute Gasteiger partial charge is 0.348 e. The molecule has 0 aliphatic carbocycles. The Morgan fingerprint density at radius 3 is 2.73 bits per heavy atom. The molecule has 3 aromatic rings. The van der Waals surface area contributed by atoms with E-state index in [9.17, 15) is 14.4 Å². The van der Waals surface area contributed by atoms with Crippen molar-refractivity contribution in [3.05, 3.63) is 99.8 Å². The van der Waals surface area contributed by atoms with E-state index in [1.165, 1.54) is 12.1 Å². The molecule has 0 atom stereocenters. The quantitative estimate of drug-likeness (QED) is 0.498. The van der Waals surface area contributed by atoms with Crippen LogP contribution in [0.5, 0.6) is 0 Å². The third kappa shape index (κ3) is 4.14. The summed E-state index contributed by atoms with van der Waals surface area (Å²) in [6, 6.07) is 15.1. The lowest BCUT2D eigenvalue weighted by atomic mass is 9.93. The predicted octanol–water partition coefficient (Wildman–Crippen LogP) is 3.88. The summed E-state index contributed by atoms with van der Waals surface area (Å²) in [6.07, 6.45) is 4.81. The van der Waals surface area contributed by atoms with E-state index in [2.05, 4.69) is 15.6 Å². The van der Waals surface area contributed by atoms with Gasteiger partial charge in [0, 0.05) is 35.1 Å². The van der Waals surface area contributed by atoms with Crippen LogP contribution in [-0.2, 0) is 11.3 Å². The molecule has 2 amide bonds. The van der Waals surface area contributed by atoms with Crippen LogP contribution in [0.25, 0.3) is 6.08 Å². The molecule has 1 aliphatic heterocycles. The van der Waals surface area contributed by atoms with Crippen molar-refractivity contribution in [1.29, 1.82) is 0 Å². The minimum atomic E-state index is -0.499. The normalized spacial score (nSPS) is 14.2. The zero-order valence-electron chi connectivity index (χ0n) is 15.7. The molecule has 0 saturated heterocycles. The molecular formula is C23H16ClN3O3. The first kappa shape index (κ1) is 19.5. The Morgan fingerprint density at radius 1 is 1.10 bits per heavy atom. The zero-order valence-corrected chi connectivity index (χ0v) is 16.4. The number of Topliss-reactive ketones (excluding diaryl/α,β-unsaturated/α-hetero) is 1. The maximum atomic E-state index is 13.0. The maximum absolute atomic E-state index is 13.0. The van der Waals surface area contributed by atoms with Crippen molar-refractivity contribution in [3.8, 4) is 0 Å². The van der Waals surface area contributed by atoms with Gasteiger partial charge in [-0.05, 0) is 53.6 Å². The summed E-state index contributed by atoms with van der Waals surface area (Å²) in [7, 11) is 0. The van der Waals surface area contributed by atoms with Crippen LogP contribution in [0, 0.1) is 0 Å². The number of rotatable bonds is 4. The second kappa shape index (κ2) is 8.31. The number of fused-ring (bicyclic) bond motifs is 1. The van der Waals surface area contributed by atoms with Gasteiger partial charge in [-0.3, -0.25) is 19.4 Å². The van der Waals surface area contributed by atoms with Gasteiger partial charge in [-0.15, -0.1) is 0 Å². The summed E-state index contributed by atoms with van der Waals surface area (Å²) < 4.78 is 0. The molecule has 6 nitrogen and oxygen atoms in total. The van der Waals surface area contributed by atoms with Gasteiger partial charge < -0.3 is 10.6 Å². The molecule has 4 rings (SSSR count). The Kier molecular flexibility index (Phi) is 5.41. The van der Waals surface area contributed by atoms with Crippen molar-refractivity contribution in [3.63, 3.8) is 0 Å². The number of amides is 2. The van der Waals surface area contributed by atoms with Crippen LogP contribution >= 0.6 is 11.6 Å². The standard InChI is InChI=1S/C23H16ClN3O3/c24-17-5-1-3-14(9-17)10-19-21(28)18-11-16(6-7-20(18)27-23(19)30)22(29)26-13-15-4-2-8-25-12-15/h1-12H,13H2,(H,26,29)(H,27,30)/b19-10-. The molecule has 1 aromatic heterocycles. The average molecular weight is 418 g/mol. The third-order valence-corrected chi connectivity index (χ3v) is 4.83. The number of hydrogen-bond acceptors (Lipinski definition) is 4. The van der Waals surface area contributed by atoms with Gasteiger partial charge in [-0.1, -0.05) is 29.8 Å². The maximum Gasteiger partial charge on any atom is 0.259 e. The molecule has 30 heavy (non-hydrogen) atoms. The highest BCUT2D eigenvalue weighted by atomic mass is 35.5. The Hall–Kier alpha value is -3.77. The van der Waals surface area contributed by atoms with Gasteiger partial charge in [-0.25, -0.2) is 0 Å². The van der Waals surface area contributed by atoms with Gasteiger partial charge >= 0.3 is 0 Å². The molecule has 0 unspecified atom stereocenters. The molecular weight excluding hydrogens is 402 g/mol. The number of ketones is 1. The SMILES string of the molecule is O=C1Nc2ccc(C(=O)NCc3cccnc3)cc2C(=O)/C1=C/c1cccc(Cl)c1. The number of carbonyl (C=O) groups excluding carboxylic acids is 3. The molecule has 0 saturated carbocycles. The molecule has 1 aliphatic rings. The summed E-state index contributed by atoms with van der Waals surface area (Å²) in [5, 5.41) is 6.00. The Labute approximate surface area is 177 Å². The lowest BCUT2D eigenvalue weighted by Gasteiger charge is -2.19.